The van der Waals surface area contributed by atoms with E-state index < -0.39 is 29.3 Å². The first-order valence-electron chi connectivity index (χ1n) is 10.9. The van der Waals surface area contributed by atoms with Gasteiger partial charge in [0.25, 0.3) is 11.6 Å². The van der Waals surface area contributed by atoms with E-state index in [1.165, 1.54) is 18.2 Å². The minimum Gasteiger partial charge on any atom is -0.455 e. The van der Waals surface area contributed by atoms with Crippen molar-refractivity contribution >= 4 is 34.8 Å². The Labute approximate surface area is 191 Å². The van der Waals surface area contributed by atoms with E-state index in [0.717, 1.165) is 29.7 Å². The van der Waals surface area contributed by atoms with E-state index in [4.69, 9.17) is 4.74 Å². The third kappa shape index (κ3) is 5.36. The number of nitrogens with one attached hydrogen (secondary N) is 1. The summed E-state index contributed by atoms with van der Waals surface area (Å²) in [5, 5.41) is 13.5. The van der Waals surface area contributed by atoms with Gasteiger partial charge in [-0.05, 0) is 37.0 Å². The number of nitro groups is 1. The van der Waals surface area contributed by atoms with Gasteiger partial charge in [-0.15, -0.1) is 0 Å². The van der Waals surface area contributed by atoms with Gasteiger partial charge in [0, 0.05) is 36.0 Å². The van der Waals surface area contributed by atoms with Crippen LogP contribution in [0.15, 0.2) is 36.4 Å². The van der Waals surface area contributed by atoms with E-state index in [1.54, 1.807) is 11.8 Å². The highest BCUT2D eigenvalue weighted by atomic mass is 16.6. The highest BCUT2D eigenvalue weighted by Gasteiger charge is 2.37. The van der Waals surface area contributed by atoms with Crippen LogP contribution in [0, 0.1) is 23.0 Å². The van der Waals surface area contributed by atoms with Gasteiger partial charge in [-0.25, -0.2) is 0 Å². The molecular weight excluding hydrogens is 426 g/mol. The molecule has 0 aliphatic carbocycles. The molecule has 33 heavy (non-hydrogen) atoms. The monoisotopic (exact) mass is 453 g/mol. The Balaban J connectivity index is 1.61. The zero-order valence-electron chi connectivity index (χ0n) is 18.9. The minimum absolute atomic E-state index is 0.0197. The molecule has 174 valence electrons. The number of hydrogen-bond donors (Lipinski definition) is 1. The number of esters is 1. The summed E-state index contributed by atoms with van der Waals surface area (Å²) in [5.74, 6) is -2.06. The van der Waals surface area contributed by atoms with Crippen LogP contribution in [0.4, 0.5) is 17.1 Å². The molecule has 0 radical (unpaired) electrons. The lowest BCUT2D eigenvalue weighted by atomic mass is 10.0. The van der Waals surface area contributed by atoms with Crippen LogP contribution < -0.4 is 10.2 Å². The van der Waals surface area contributed by atoms with E-state index in [2.05, 4.69) is 5.32 Å². The maximum atomic E-state index is 12.7. The SMILES string of the molecule is CCc1cccc(CC)c1N1C[C@@H](C(=O)OCC(=O)Nc2ccc(C)c([N+](=O)[O-])c2)CC1=O. The maximum absolute atomic E-state index is 12.7. The summed E-state index contributed by atoms with van der Waals surface area (Å²) >= 11 is 0. The summed E-state index contributed by atoms with van der Waals surface area (Å²) in [6.45, 7) is 5.29. The molecule has 2 amide bonds. The number of ether oxygens (including phenoxy) is 1. The molecule has 2 aromatic carbocycles. The van der Waals surface area contributed by atoms with Gasteiger partial charge in [-0.2, -0.15) is 0 Å². The standard InChI is InChI=1S/C24H27N3O6/c1-4-16-7-6-8-17(5-2)23(16)26-13-18(11-22(26)29)24(30)33-14-21(28)25-19-10-9-15(3)20(12-19)27(31)32/h6-10,12,18H,4-5,11,13-14H2,1-3H3,(H,25,28)/t18-/m0/s1. The van der Waals surface area contributed by atoms with Crippen molar-refractivity contribution in [3.05, 3.63) is 63.2 Å². The average Bonchev–Trinajstić information content (AvgIpc) is 3.19. The van der Waals surface area contributed by atoms with Crippen molar-refractivity contribution in [2.75, 3.05) is 23.4 Å². The second kappa shape index (κ2) is 10.2. The molecule has 0 spiro atoms. The van der Waals surface area contributed by atoms with E-state index in [1.807, 2.05) is 32.0 Å². The lowest BCUT2D eigenvalue weighted by molar-refractivity contribution is -0.385. The molecule has 3 rings (SSSR count). The Morgan fingerprint density at radius 1 is 1.18 bits per heavy atom. The Morgan fingerprint density at radius 3 is 2.45 bits per heavy atom. The summed E-state index contributed by atoms with van der Waals surface area (Å²) < 4.78 is 5.14. The highest BCUT2D eigenvalue weighted by Crippen LogP contribution is 2.32. The molecule has 1 saturated heterocycles. The number of benzene rings is 2. The number of anilines is 2. The van der Waals surface area contributed by atoms with E-state index in [-0.39, 0.29) is 30.2 Å². The second-order valence-electron chi connectivity index (χ2n) is 7.95. The minimum atomic E-state index is -0.666. The number of carbonyl (C=O) groups excluding carboxylic acids is 3. The number of nitro benzene ring substituents is 1. The van der Waals surface area contributed by atoms with Crippen LogP contribution in [0.5, 0.6) is 0 Å². The first kappa shape index (κ1) is 23.9. The number of para-hydroxylation sites is 1. The Hall–Kier alpha value is -3.75. The molecular formula is C24H27N3O6. The third-order valence-electron chi connectivity index (χ3n) is 5.73. The van der Waals surface area contributed by atoms with E-state index in [0.29, 0.717) is 5.56 Å². The summed E-state index contributed by atoms with van der Waals surface area (Å²) in [6, 6.07) is 10.2. The number of carbonyl (C=O) groups is 3. The van der Waals surface area contributed by atoms with Crippen molar-refractivity contribution in [2.45, 2.75) is 40.0 Å². The number of nitrogens with zero attached hydrogens (tertiary/aromatic N) is 2. The fourth-order valence-electron chi connectivity index (χ4n) is 3.98. The molecule has 0 unspecified atom stereocenters. The predicted octanol–water partition coefficient (Wildman–Crippen LogP) is 3.56. The first-order chi connectivity index (χ1) is 15.7. The fourth-order valence-corrected chi connectivity index (χ4v) is 3.98. The van der Waals surface area contributed by atoms with Crippen molar-refractivity contribution < 1.29 is 24.0 Å². The van der Waals surface area contributed by atoms with Crippen LogP contribution in [0.2, 0.25) is 0 Å². The quantitative estimate of drug-likeness (QED) is 0.371. The maximum Gasteiger partial charge on any atom is 0.311 e. The molecule has 1 fully saturated rings. The Kier molecular flexibility index (Phi) is 7.42. The summed E-state index contributed by atoms with van der Waals surface area (Å²) in [4.78, 5) is 49.6. The molecule has 0 bridgehead atoms. The van der Waals surface area contributed by atoms with Crippen molar-refractivity contribution in [1.29, 1.82) is 0 Å². The lowest BCUT2D eigenvalue weighted by Crippen LogP contribution is -2.29. The molecule has 9 heteroatoms. The van der Waals surface area contributed by atoms with Crippen LogP contribution in [0.1, 0.15) is 37.0 Å². The molecule has 1 N–H and O–H groups in total. The van der Waals surface area contributed by atoms with Gasteiger partial charge < -0.3 is 15.0 Å². The number of rotatable bonds is 8. The van der Waals surface area contributed by atoms with Crippen LogP contribution >= 0.6 is 0 Å². The van der Waals surface area contributed by atoms with Gasteiger partial charge in [-0.3, -0.25) is 24.5 Å². The molecule has 9 nitrogen and oxygen atoms in total. The molecule has 0 aromatic heterocycles. The van der Waals surface area contributed by atoms with Crippen molar-refractivity contribution in [1.82, 2.24) is 0 Å². The molecule has 1 aliphatic heterocycles. The highest BCUT2D eigenvalue weighted by molar-refractivity contribution is 6.01. The van der Waals surface area contributed by atoms with Crippen molar-refractivity contribution in [2.24, 2.45) is 5.92 Å². The predicted molar refractivity (Wildman–Crippen MR) is 123 cm³/mol. The molecule has 1 atom stereocenters. The zero-order chi connectivity index (χ0) is 24.1. The Bertz CT molecular complexity index is 1080. The third-order valence-corrected chi connectivity index (χ3v) is 5.73. The molecule has 1 heterocycles. The van der Waals surface area contributed by atoms with E-state index >= 15 is 0 Å². The van der Waals surface area contributed by atoms with Crippen LogP contribution in [0.3, 0.4) is 0 Å². The molecule has 0 saturated carbocycles. The summed E-state index contributed by atoms with van der Waals surface area (Å²) in [6.07, 6.45) is 1.55. The van der Waals surface area contributed by atoms with Gasteiger partial charge in [0.15, 0.2) is 6.61 Å². The van der Waals surface area contributed by atoms with E-state index in [9.17, 15) is 24.5 Å². The van der Waals surface area contributed by atoms with Gasteiger partial charge >= 0.3 is 5.97 Å². The fraction of sp³-hybridized carbons (Fsp3) is 0.375. The largest absolute Gasteiger partial charge is 0.455 e. The summed E-state index contributed by atoms with van der Waals surface area (Å²) in [7, 11) is 0. The second-order valence-corrected chi connectivity index (χ2v) is 7.95. The smallest absolute Gasteiger partial charge is 0.311 e. The molecule has 2 aromatic rings. The number of amides is 2. The van der Waals surface area contributed by atoms with Crippen LogP contribution in [-0.2, 0) is 32.0 Å². The van der Waals surface area contributed by atoms with Crippen molar-refractivity contribution in [3.8, 4) is 0 Å². The topological polar surface area (TPSA) is 119 Å². The number of aryl methyl sites for hydroxylation is 3. The lowest BCUT2D eigenvalue weighted by Gasteiger charge is -2.23. The van der Waals surface area contributed by atoms with Crippen molar-refractivity contribution in [3.63, 3.8) is 0 Å². The zero-order valence-corrected chi connectivity index (χ0v) is 18.9. The first-order valence-corrected chi connectivity index (χ1v) is 10.9. The number of hydrogen-bond acceptors (Lipinski definition) is 6. The van der Waals surface area contributed by atoms with Gasteiger partial charge in [0.2, 0.25) is 5.91 Å². The average molecular weight is 453 g/mol. The van der Waals surface area contributed by atoms with Gasteiger partial charge in [-0.1, -0.05) is 38.1 Å². The summed E-state index contributed by atoms with van der Waals surface area (Å²) in [5.41, 5.74) is 3.54. The molecule has 1 aliphatic rings. The van der Waals surface area contributed by atoms with Gasteiger partial charge in [0.05, 0.1) is 10.8 Å². The Morgan fingerprint density at radius 2 is 1.85 bits per heavy atom. The van der Waals surface area contributed by atoms with Crippen LogP contribution in [-0.4, -0.2) is 35.9 Å². The normalized spacial score (nSPS) is 15.4. The van der Waals surface area contributed by atoms with Gasteiger partial charge in [0.1, 0.15) is 0 Å². The van der Waals surface area contributed by atoms with Crippen LogP contribution in [0.25, 0.3) is 0 Å².